The van der Waals surface area contributed by atoms with Gasteiger partial charge < -0.3 is 4.74 Å². The summed E-state index contributed by atoms with van der Waals surface area (Å²) in [7, 11) is 1.76. The van der Waals surface area contributed by atoms with E-state index in [1.54, 1.807) is 7.11 Å². The molecule has 0 amide bonds. The number of hydrogen-bond acceptors (Lipinski definition) is 1. The second kappa shape index (κ2) is 7.94. The van der Waals surface area contributed by atoms with Gasteiger partial charge in [-0.3, -0.25) is 0 Å². The number of hydrogen-bond donors (Lipinski definition) is 0. The molecule has 0 radical (unpaired) electrons. The van der Waals surface area contributed by atoms with E-state index in [0.29, 0.717) is 0 Å². The van der Waals surface area contributed by atoms with Crippen LogP contribution in [-0.4, -0.2) is 7.11 Å². The first-order valence-corrected chi connectivity index (χ1v) is 13.8. The van der Waals surface area contributed by atoms with Crippen molar-refractivity contribution in [3.05, 3.63) is 127 Å². The second-order valence-electron chi connectivity index (χ2n) is 10.9. The Morgan fingerprint density at radius 1 is 0.375 bits per heavy atom. The highest BCUT2D eigenvalue weighted by Gasteiger charge is 2.16. The van der Waals surface area contributed by atoms with Crippen LogP contribution in [0.3, 0.4) is 0 Å². The highest BCUT2D eigenvalue weighted by Crippen LogP contribution is 2.43. The van der Waals surface area contributed by atoms with Crippen LogP contribution in [0.2, 0.25) is 0 Å². The lowest BCUT2D eigenvalue weighted by Crippen LogP contribution is -1.91. The first-order chi connectivity index (χ1) is 19.8. The SMILES string of the molecule is COc1cc(-c2ccc3ccc4cccc5ccc2c3c45)cc(-c2ccc3ccc4cccc5ccc2c3c45)c1. The van der Waals surface area contributed by atoms with Gasteiger partial charge in [0.15, 0.2) is 0 Å². The second-order valence-corrected chi connectivity index (χ2v) is 10.9. The van der Waals surface area contributed by atoms with Crippen molar-refractivity contribution in [3.63, 3.8) is 0 Å². The maximum atomic E-state index is 5.89. The number of benzene rings is 9. The van der Waals surface area contributed by atoms with Crippen LogP contribution in [0.25, 0.3) is 86.9 Å². The summed E-state index contributed by atoms with van der Waals surface area (Å²) in [4.78, 5) is 0. The lowest BCUT2D eigenvalue weighted by atomic mass is 9.87. The summed E-state index contributed by atoms with van der Waals surface area (Å²) in [5, 5.41) is 15.6. The zero-order valence-corrected chi connectivity index (χ0v) is 22.0. The van der Waals surface area contributed by atoms with Gasteiger partial charge in [0.25, 0.3) is 0 Å². The molecule has 0 aliphatic carbocycles. The van der Waals surface area contributed by atoms with Crippen molar-refractivity contribution in [1.82, 2.24) is 0 Å². The molecule has 0 saturated heterocycles. The summed E-state index contributed by atoms with van der Waals surface area (Å²) >= 11 is 0. The molecule has 1 heteroatoms. The molecule has 9 rings (SSSR count). The minimum Gasteiger partial charge on any atom is -0.497 e. The molecule has 186 valence electrons. The molecule has 0 N–H and O–H groups in total. The number of rotatable bonds is 3. The van der Waals surface area contributed by atoms with Crippen molar-refractivity contribution in [2.24, 2.45) is 0 Å². The van der Waals surface area contributed by atoms with Gasteiger partial charge in [-0.05, 0) is 105 Å². The van der Waals surface area contributed by atoms with Crippen molar-refractivity contribution in [1.29, 1.82) is 0 Å². The van der Waals surface area contributed by atoms with Crippen LogP contribution < -0.4 is 4.74 Å². The van der Waals surface area contributed by atoms with Crippen molar-refractivity contribution in [2.75, 3.05) is 7.11 Å². The van der Waals surface area contributed by atoms with Crippen molar-refractivity contribution < 1.29 is 4.74 Å². The van der Waals surface area contributed by atoms with Crippen LogP contribution in [0.5, 0.6) is 5.75 Å². The first-order valence-electron chi connectivity index (χ1n) is 13.8. The van der Waals surface area contributed by atoms with E-state index >= 15 is 0 Å². The summed E-state index contributed by atoms with van der Waals surface area (Å²) in [6.45, 7) is 0. The molecule has 0 fully saturated rings. The minimum absolute atomic E-state index is 0.865. The molecule has 40 heavy (non-hydrogen) atoms. The summed E-state index contributed by atoms with van der Waals surface area (Å²) in [5.74, 6) is 0.865. The van der Waals surface area contributed by atoms with E-state index in [4.69, 9.17) is 4.74 Å². The summed E-state index contributed by atoms with van der Waals surface area (Å²) in [6.07, 6.45) is 0. The predicted octanol–water partition coefficient (Wildman–Crippen LogP) is 10.8. The normalized spacial score (nSPS) is 12.1. The predicted molar refractivity (Wildman–Crippen MR) is 171 cm³/mol. The Balaban J connectivity index is 1.33. The van der Waals surface area contributed by atoms with Gasteiger partial charge >= 0.3 is 0 Å². The van der Waals surface area contributed by atoms with E-state index in [2.05, 4.69) is 127 Å². The van der Waals surface area contributed by atoms with Gasteiger partial charge in [-0.2, -0.15) is 0 Å². The van der Waals surface area contributed by atoms with Crippen LogP contribution in [-0.2, 0) is 0 Å². The molecule has 0 spiro atoms. The molecule has 0 bridgehead atoms. The molecule has 0 unspecified atom stereocenters. The van der Waals surface area contributed by atoms with Crippen LogP contribution in [0.4, 0.5) is 0 Å². The van der Waals surface area contributed by atoms with Crippen LogP contribution in [0.15, 0.2) is 127 Å². The van der Waals surface area contributed by atoms with Gasteiger partial charge in [-0.15, -0.1) is 0 Å². The zero-order valence-electron chi connectivity index (χ0n) is 22.0. The zero-order chi connectivity index (χ0) is 26.4. The van der Waals surface area contributed by atoms with E-state index in [1.165, 1.54) is 75.8 Å². The van der Waals surface area contributed by atoms with Gasteiger partial charge in [0.05, 0.1) is 7.11 Å². The molecule has 9 aromatic carbocycles. The Morgan fingerprint density at radius 2 is 0.750 bits per heavy atom. The number of ether oxygens (including phenoxy) is 1. The Morgan fingerprint density at radius 3 is 1.18 bits per heavy atom. The largest absolute Gasteiger partial charge is 0.497 e. The van der Waals surface area contributed by atoms with E-state index < -0.39 is 0 Å². The Kier molecular flexibility index (Phi) is 4.32. The summed E-state index contributed by atoms with van der Waals surface area (Å²) in [5.41, 5.74) is 4.78. The Labute approximate surface area is 231 Å². The van der Waals surface area contributed by atoms with Gasteiger partial charge in [0, 0.05) is 0 Å². The first kappa shape index (κ1) is 21.8. The van der Waals surface area contributed by atoms with Crippen LogP contribution >= 0.6 is 0 Å². The fourth-order valence-corrected chi connectivity index (χ4v) is 7.00. The van der Waals surface area contributed by atoms with E-state index in [0.717, 1.165) is 16.9 Å². The Bertz CT molecular complexity index is 2210. The molecule has 9 aromatic rings. The van der Waals surface area contributed by atoms with Gasteiger partial charge in [0.2, 0.25) is 0 Å². The highest BCUT2D eigenvalue weighted by atomic mass is 16.5. The average molecular weight is 509 g/mol. The smallest absolute Gasteiger partial charge is 0.120 e. The molecule has 0 saturated carbocycles. The van der Waals surface area contributed by atoms with Crippen molar-refractivity contribution in [2.45, 2.75) is 0 Å². The molecule has 0 heterocycles. The third-order valence-corrected chi connectivity index (χ3v) is 8.82. The lowest BCUT2D eigenvalue weighted by Gasteiger charge is -2.17. The van der Waals surface area contributed by atoms with Gasteiger partial charge in [-0.25, -0.2) is 0 Å². The van der Waals surface area contributed by atoms with Gasteiger partial charge in [-0.1, -0.05) is 109 Å². The molecule has 1 nitrogen and oxygen atoms in total. The fourth-order valence-electron chi connectivity index (χ4n) is 7.00. The topological polar surface area (TPSA) is 9.23 Å². The van der Waals surface area contributed by atoms with Crippen LogP contribution in [0.1, 0.15) is 0 Å². The molecule has 0 aliphatic rings. The maximum Gasteiger partial charge on any atom is 0.120 e. The molecular formula is C39H24O. The molecule has 0 aromatic heterocycles. The maximum absolute atomic E-state index is 5.89. The quantitative estimate of drug-likeness (QED) is 0.216. The summed E-state index contributed by atoms with van der Waals surface area (Å²) in [6, 6.07) is 46.9. The highest BCUT2D eigenvalue weighted by molar-refractivity contribution is 6.27. The van der Waals surface area contributed by atoms with Crippen LogP contribution in [0, 0.1) is 0 Å². The summed E-state index contributed by atoms with van der Waals surface area (Å²) < 4.78 is 5.89. The van der Waals surface area contributed by atoms with Crippen molar-refractivity contribution in [3.8, 4) is 28.0 Å². The van der Waals surface area contributed by atoms with Crippen molar-refractivity contribution >= 4 is 64.6 Å². The molecule has 0 atom stereocenters. The number of methoxy groups -OCH3 is 1. The van der Waals surface area contributed by atoms with Gasteiger partial charge in [0.1, 0.15) is 5.75 Å². The van der Waals surface area contributed by atoms with E-state index in [-0.39, 0.29) is 0 Å². The lowest BCUT2D eigenvalue weighted by molar-refractivity contribution is 0.415. The standard InChI is InChI=1S/C39H24O/c1-40-31-21-29(32-16-12-27-10-8-23-4-2-6-25-14-18-34(32)38(27)36(23)25)20-30(22-31)33-17-13-28-11-9-24-5-3-7-26-15-19-35(33)39(28)37(24)26/h2-22H,1H3. The average Bonchev–Trinajstić information content (AvgIpc) is 3.02. The third kappa shape index (κ3) is 2.92. The molecule has 0 aliphatic heterocycles. The molecular weight excluding hydrogens is 484 g/mol. The van der Waals surface area contributed by atoms with E-state index in [1.807, 2.05) is 0 Å². The Hall–Kier alpha value is -5.14. The fraction of sp³-hybridized carbons (Fsp3) is 0.0256. The van der Waals surface area contributed by atoms with E-state index in [9.17, 15) is 0 Å². The monoisotopic (exact) mass is 508 g/mol. The third-order valence-electron chi connectivity index (χ3n) is 8.82. The minimum atomic E-state index is 0.865.